The number of pyridine rings is 2. The van der Waals surface area contributed by atoms with Crippen LogP contribution in [0.1, 0.15) is 25.0 Å². The van der Waals surface area contributed by atoms with Crippen molar-refractivity contribution in [1.29, 1.82) is 5.26 Å². The van der Waals surface area contributed by atoms with Crippen molar-refractivity contribution < 1.29 is 26.0 Å². The standard InChI is InChI=1S/C24H18ClF4N5O2S/c1-3-14-8-21-17(9-19(14)26)18(10-30)23(34(21)22-7-4-15(25)11-32-22)20-6-5-16(12-31-20)37(35,36)33-13(2)24(27,28)29/h4-9,11-13,33H,3H2,1-2H3. The molecule has 192 valence electrons. The molecule has 0 aliphatic carbocycles. The van der Waals surface area contributed by atoms with Crippen molar-refractivity contribution >= 4 is 32.5 Å². The Bertz CT molecular complexity index is 1630. The quantitative estimate of drug-likeness (QED) is 0.317. The summed E-state index contributed by atoms with van der Waals surface area (Å²) in [6.07, 6.45) is -2.12. The van der Waals surface area contributed by atoms with Gasteiger partial charge in [-0.05, 0) is 55.3 Å². The fraction of sp³-hybridized carbons (Fsp3) is 0.208. The summed E-state index contributed by atoms with van der Waals surface area (Å²) in [5.41, 5.74) is 1.22. The predicted molar refractivity (Wildman–Crippen MR) is 129 cm³/mol. The van der Waals surface area contributed by atoms with E-state index in [1.165, 1.54) is 18.3 Å². The first-order chi connectivity index (χ1) is 17.4. The summed E-state index contributed by atoms with van der Waals surface area (Å²) in [7, 11) is -4.54. The molecule has 0 amide bonds. The van der Waals surface area contributed by atoms with Crippen molar-refractivity contribution in [3.8, 4) is 23.3 Å². The van der Waals surface area contributed by atoms with Gasteiger partial charge >= 0.3 is 6.18 Å². The van der Waals surface area contributed by atoms with Crippen LogP contribution in [-0.2, 0) is 16.4 Å². The van der Waals surface area contributed by atoms with Gasteiger partial charge in [0.2, 0.25) is 10.0 Å². The lowest BCUT2D eigenvalue weighted by Gasteiger charge is -2.17. The van der Waals surface area contributed by atoms with Crippen LogP contribution in [0.4, 0.5) is 17.6 Å². The van der Waals surface area contributed by atoms with Gasteiger partial charge in [0, 0.05) is 17.8 Å². The number of halogens is 5. The van der Waals surface area contributed by atoms with Crippen molar-refractivity contribution in [2.24, 2.45) is 0 Å². The van der Waals surface area contributed by atoms with Crippen molar-refractivity contribution in [2.45, 2.75) is 37.4 Å². The van der Waals surface area contributed by atoms with Gasteiger partial charge in [-0.2, -0.15) is 23.2 Å². The first kappa shape index (κ1) is 26.5. The van der Waals surface area contributed by atoms with Gasteiger partial charge in [-0.1, -0.05) is 18.5 Å². The van der Waals surface area contributed by atoms with E-state index in [4.69, 9.17) is 11.6 Å². The van der Waals surface area contributed by atoms with E-state index < -0.39 is 33.0 Å². The minimum Gasteiger partial charge on any atom is -0.291 e. The monoisotopic (exact) mass is 551 g/mol. The highest BCUT2D eigenvalue weighted by Crippen LogP contribution is 2.36. The fourth-order valence-electron chi connectivity index (χ4n) is 3.76. The number of benzene rings is 1. The van der Waals surface area contributed by atoms with E-state index in [-0.39, 0.29) is 22.3 Å². The third-order valence-electron chi connectivity index (χ3n) is 5.68. The molecule has 3 aromatic heterocycles. The second-order valence-corrected chi connectivity index (χ2v) is 10.2. The summed E-state index contributed by atoms with van der Waals surface area (Å²) >= 11 is 5.98. The van der Waals surface area contributed by atoms with Gasteiger partial charge in [-0.15, -0.1) is 0 Å². The molecule has 0 aliphatic heterocycles. The Morgan fingerprint density at radius 3 is 2.43 bits per heavy atom. The zero-order chi connectivity index (χ0) is 27.1. The number of nitrogens with zero attached hydrogens (tertiary/aromatic N) is 4. The van der Waals surface area contributed by atoms with Gasteiger partial charge in [0.15, 0.2) is 0 Å². The number of hydrogen-bond acceptors (Lipinski definition) is 5. The lowest BCUT2D eigenvalue weighted by molar-refractivity contribution is -0.147. The van der Waals surface area contributed by atoms with Gasteiger partial charge in [-0.3, -0.25) is 9.55 Å². The first-order valence-corrected chi connectivity index (χ1v) is 12.7. The summed E-state index contributed by atoms with van der Waals surface area (Å²) in [5.74, 6) is -0.169. The van der Waals surface area contributed by atoms with Crippen LogP contribution in [0, 0.1) is 17.1 Å². The summed E-state index contributed by atoms with van der Waals surface area (Å²) in [5, 5.41) is 10.6. The van der Waals surface area contributed by atoms with E-state index in [9.17, 15) is 31.2 Å². The summed E-state index contributed by atoms with van der Waals surface area (Å²) < 4.78 is 81.3. The van der Waals surface area contributed by atoms with Crippen LogP contribution in [0.2, 0.25) is 5.02 Å². The molecule has 0 radical (unpaired) electrons. The Kier molecular flexibility index (Phi) is 6.98. The van der Waals surface area contributed by atoms with Crippen LogP contribution in [0.3, 0.4) is 0 Å². The number of nitrogens with one attached hydrogen (secondary N) is 1. The average Bonchev–Trinajstić information content (AvgIpc) is 3.16. The zero-order valence-electron chi connectivity index (χ0n) is 19.3. The van der Waals surface area contributed by atoms with Gasteiger partial charge in [0.1, 0.15) is 28.6 Å². The van der Waals surface area contributed by atoms with E-state index in [1.807, 2.05) is 0 Å². The average molecular weight is 552 g/mol. The molecule has 1 N–H and O–H groups in total. The molecule has 0 saturated carbocycles. The molecule has 1 aromatic carbocycles. The molecule has 4 rings (SSSR count). The van der Waals surface area contributed by atoms with Crippen molar-refractivity contribution in [2.75, 3.05) is 0 Å². The number of hydrogen-bond donors (Lipinski definition) is 1. The highest BCUT2D eigenvalue weighted by Gasteiger charge is 2.39. The molecule has 0 spiro atoms. The highest BCUT2D eigenvalue weighted by atomic mass is 35.5. The highest BCUT2D eigenvalue weighted by molar-refractivity contribution is 7.89. The molecule has 1 unspecified atom stereocenters. The first-order valence-electron chi connectivity index (χ1n) is 10.8. The Labute approximate surface area is 214 Å². The molecule has 0 bridgehead atoms. The number of alkyl halides is 3. The van der Waals surface area contributed by atoms with Crippen LogP contribution < -0.4 is 4.72 Å². The lowest BCUT2D eigenvalue weighted by Crippen LogP contribution is -2.42. The maximum Gasteiger partial charge on any atom is 0.404 e. The molecule has 3 heterocycles. The summed E-state index contributed by atoms with van der Waals surface area (Å²) in [4.78, 5) is 7.95. The van der Waals surface area contributed by atoms with E-state index in [1.54, 1.807) is 34.4 Å². The smallest absolute Gasteiger partial charge is 0.291 e. The maximum absolute atomic E-state index is 14.7. The number of nitriles is 1. The molecule has 1 atom stereocenters. The van der Waals surface area contributed by atoms with Gasteiger partial charge in [0.25, 0.3) is 0 Å². The van der Waals surface area contributed by atoms with Gasteiger partial charge in [0.05, 0.1) is 27.5 Å². The second kappa shape index (κ2) is 9.74. The SMILES string of the molecule is CCc1cc2c(cc1F)c(C#N)c(-c1ccc(S(=O)(=O)NC(C)C(F)(F)F)cn1)n2-c1ccc(Cl)cn1. The topological polar surface area (TPSA) is 101 Å². The third-order valence-corrected chi connectivity index (χ3v) is 7.43. The fourth-order valence-corrected chi connectivity index (χ4v) is 5.05. The number of aromatic nitrogens is 3. The molecule has 0 fully saturated rings. The second-order valence-electron chi connectivity index (χ2n) is 8.08. The minimum atomic E-state index is -4.78. The van der Waals surface area contributed by atoms with Gasteiger partial charge < -0.3 is 0 Å². The Morgan fingerprint density at radius 2 is 1.89 bits per heavy atom. The molecule has 0 aliphatic rings. The van der Waals surface area contributed by atoms with Crippen molar-refractivity contribution in [3.05, 3.63) is 70.8 Å². The van der Waals surface area contributed by atoms with E-state index in [0.29, 0.717) is 35.3 Å². The Morgan fingerprint density at radius 1 is 1.16 bits per heavy atom. The number of rotatable bonds is 6. The Hall–Kier alpha value is -3.53. The molecule has 13 heteroatoms. The third kappa shape index (κ3) is 5.02. The van der Waals surface area contributed by atoms with Crippen LogP contribution in [-0.4, -0.2) is 35.2 Å². The molecule has 37 heavy (non-hydrogen) atoms. The van der Waals surface area contributed by atoms with Crippen LogP contribution in [0.15, 0.2) is 53.7 Å². The van der Waals surface area contributed by atoms with E-state index >= 15 is 0 Å². The van der Waals surface area contributed by atoms with Crippen molar-refractivity contribution in [3.63, 3.8) is 0 Å². The maximum atomic E-state index is 14.7. The number of fused-ring (bicyclic) bond motifs is 1. The zero-order valence-corrected chi connectivity index (χ0v) is 20.9. The minimum absolute atomic E-state index is 0.0558. The predicted octanol–water partition coefficient (Wildman–Crippen LogP) is 5.54. The summed E-state index contributed by atoms with van der Waals surface area (Å²) in [6.45, 7) is 2.46. The lowest BCUT2D eigenvalue weighted by atomic mass is 10.1. The largest absolute Gasteiger partial charge is 0.404 e. The number of aryl methyl sites for hydroxylation is 1. The van der Waals surface area contributed by atoms with Crippen LogP contribution in [0.25, 0.3) is 28.1 Å². The summed E-state index contributed by atoms with van der Waals surface area (Å²) in [6, 6.07) is 8.06. The normalized spacial score (nSPS) is 13.0. The molecule has 7 nitrogen and oxygen atoms in total. The molecular formula is C24H18ClF4N5O2S. The molecular weight excluding hydrogens is 534 g/mol. The number of sulfonamides is 1. The Balaban J connectivity index is 1.92. The molecule has 0 saturated heterocycles. The molecule has 4 aromatic rings. The van der Waals surface area contributed by atoms with Crippen molar-refractivity contribution in [1.82, 2.24) is 19.3 Å². The van der Waals surface area contributed by atoms with Crippen LogP contribution in [0.5, 0.6) is 0 Å². The van der Waals surface area contributed by atoms with E-state index in [2.05, 4.69) is 16.0 Å². The van der Waals surface area contributed by atoms with Gasteiger partial charge in [-0.25, -0.2) is 17.8 Å². The van der Waals surface area contributed by atoms with Crippen LogP contribution >= 0.6 is 11.6 Å². The van der Waals surface area contributed by atoms with E-state index in [0.717, 1.165) is 12.3 Å².